The van der Waals surface area contributed by atoms with Crippen molar-refractivity contribution in [1.29, 1.82) is 0 Å². The molecule has 3 aromatic carbocycles. The van der Waals surface area contributed by atoms with Crippen LogP contribution in [-0.4, -0.2) is 48.4 Å². The Morgan fingerprint density at radius 3 is 2.11 bits per heavy atom. The summed E-state index contributed by atoms with van der Waals surface area (Å²) in [5.41, 5.74) is 1.97. The number of methoxy groups -OCH3 is 2. The zero-order valence-electron chi connectivity index (χ0n) is 28.0. The highest BCUT2D eigenvalue weighted by Gasteiger charge is 2.65. The van der Waals surface area contributed by atoms with Gasteiger partial charge in [0.25, 0.3) is 0 Å². The van der Waals surface area contributed by atoms with Gasteiger partial charge in [-0.05, 0) is 80.2 Å². The van der Waals surface area contributed by atoms with Gasteiger partial charge < -0.3 is 19.3 Å². The number of ether oxygens (including phenoxy) is 3. The fraction of sp³-hybridized carbons (Fsp3) is 0.513. The number of aliphatic hydroxyl groups is 1. The third kappa shape index (κ3) is 6.70. The van der Waals surface area contributed by atoms with Crippen molar-refractivity contribution in [2.45, 2.75) is 84.3 Å². The van der Waals surface area contributed by atoms with E-state index < -0.39 is 29.6 Å². The van der Waals surface area contributed by atoms with Gasteiger partial charge in [0.15, 0.2) is 0 Å². The number of carbonyl (C=O) groups excluding carboxylic acids is 1. The second-order valence-corrected chi connectivity index (χ2v) is 14.6. The van der Waals surface area contributed by atoms with Gasteiger partial charge >= 0.3 is 5.97 Å². The van der Waals surface area contributed by atoms with Gasteiger partial charge in [-0.15, -0.1) is 0 Å². The molecule has 3 aromatic rings. The van der Waals surface area contributed by atoms with Crippen LogP contribution in [0.5, 0.6) is 5.75 Å². The Hall–Kier alpha value is -3.19. The Morgan fingerprint density at radius 1 is 0.933 bits per heavy atom. The van der Waals surface area contributed by atoms with Crippen LogP contribution in [0.15, 0.2) is 84.9 Å². The van der Waals surface area contributed by atoms with Crippen molar-refractivity contribution >= 4 is 5.97 Å². The molecule has 1 N–H and O–H groups in total. The quantitative estimate of drug-likeness (QED) is 0.211. The van der Waals surface area contributed by atoms with Crippen LogP contribution in [0.25, 0.3) is 0 Å². The van der Waals surface area contributed by atoms with E-state index in [-0.39, 0.29) is 16.9 Å². The molecule has 6 heteroatoms. The molecule has 2 bridgehead atoms. The lowest BCUT2D eigenvalue weighted by atomic mass is 9.67. The molecule has 2 saturated carbocycles. The van der Waals surface area contributed by atoms with Gasteiger partial charge in [-0.1, -0.05) is 86.6 Å². The summed E-state index contributed by atoms with van der Waals surface area (Å²) < 4.78 is 17.8. The van der Waals surface area contributed by atoms with Gasteiger partial charge in [0.05, 0.1) is 25.4 Å². The van der Waals surface area contributed by atoms with Crippen LogP contribution in [-0.2, 0) is 20.8 Å². The number of fused-ring (bicyclic) bond motifs is 2. The Kier molecular flexibility index (Phi) is 9.79. The molecule has 2 aliphatic rings. The van der Waals surface area contributed by atoms with Gasteiger partial charge in [-0.2, -0.15) is 0 Å². The first-order valence-electron chi connectivity index (χ1n) is 16.3. The third-order valence-electron chi connectivity index (χ3n) is 10.7. The van der Waals surface area contributed by atoms with E-state index in [0.717, 1.165) is 30.5 Å². The van der Waals surface area contributed by atoms with E-state index >= 15 is 0 Å². The number of carbonyl (C=O) groups is 1. The molecular formula is C39H51NO5. The third-order valence-corrected chi connectivity index (χ3v) is 10.7. The highest BCUT2D eigenvalue weighted by molar-refractivity contribution is 5.75. The minimum absolute atomic E-state index is 0.0554. The number of benzene rings is 3. The minimum Gasteiger partial charge on any atom is -0.497 e. The van der Waals surface area contributed by atoms with Crippen molar-refractivity contribution in [3.05, 3.63) is 102 Å². The fourth-order valence-electron chi connectivity index (χ4n) is 8.24. The predicted molar refractivity (Wildman–Crippen MR) is 178 cm³/mol. The predicted octanol–water partition coefficient (Wildman–Crippen LogP) is 7.77. The maximum absolute atomic E-state index is 14.5. The van der Waals surface area contributed by atoms with Crippen LogP contribution in [0, 0.1) is 22.7 Å². The summed E-state index contributed by atoms with van der Waals surface area (Å²) in [5, 5.41) is 12.3. The Morgan fingerprint density at radius 2 is 1.56 bits per heavy atom. The molecule has 0 radical (unpaired) electrons. The van der Waals surface area contributed by atoms with Crippen molar-refractivity contribution in [3.8, 4) is 5.75 Å². The Bertz CT molecular complexity index is 1400. The first kappa shape index (κ1) is 33.2. The van der Waals surface area contributed by atoms with E-state index in [2.05, 4.69) is 55.1 Å². The van der Waals surface area contributed by atoms with Crippen LogP contribution in [0.3, 0.4) is 0 Å². The maximum atomic E-state index is 14.5. The molecule has 6 atom stereocenters. The number of hydrogen-bond donors (Lipinski definition) is 1. The molecule has 0 aliphatic heterocycles. The van der Waals surface area contributed by atoms with Crippen molar-refractivity contribution in [2.75, 3.05) is 20.8 Å². The van der Waals surface area contributed by atoms with E-state index in [1.807, 2.05) is 76.4 Å². The average Bonchev–Trinajstić information content (AvgIpc) is 3.39. The SMILES string of the molecule is COc1ccc([C@H](O)[C@@H](C(=O)OC(C)(C)C)[C@@H](c2ccccc2)N(Cc2ccccc2)C[C@]23CC[C@H](C[C@H]2OC)C3(C)C)cc1. The molecule has 0 unspecified atom stereocenters. The topological polar surface area (TPSA) is 68.2 Å². The average molecular weight is 614 g/mol. The lowest BCUT2D eigenvalue weighted by Crippen LogP contribution is -2.51. The molecule has 45 heavy (non-hydrogen) atoms. The Balaban J connectivity index is 1.68. The molecule has 0 saturated heterocycles. The standard InChI is InChI=1S/C39H51NO5/c1-37(2,3)45-36(42)33(35(41)29-18-20-31(43-6)21-19-29)34(28-16-12-9-13-17-28)40(25-27-14-10-8-11-15-27)26-39-23-22-30(38(39,4)5)24-32(39)44-7/h8-21,30,32-35,41H,22-26H2,1-7H3/t30-,32-,33+,34-,35+,39-/m1/s1. The minimum atomic E-state index is -1.13. The Labute approximate surface area is 269 Å². The normalized spacial score (nSPS) is 24.3. The second kappa shape index (κ2) is 13.3. The maximum Gasteiger partial charge on any atom is 0.314 e. The van der Waals surface area contributed by atoms with E-state index in [4.69, 9.17) is 14.2 Å². The van der Waals surface area contributed by atoms with Crippen LogP contribution in [0.1, 0.15) is 82.7 Å². The molecule has 242 valence electrons. The number of esters is 1. The fourth-order valence-corrected chi connectivity index (χ4v) is 8.24. The van der Waals surface area contributed by atoms with Gasteiger partial charge in [0, 0.05) is 25.6 Å². The van der Waals surface area contributed by atoms with Crippen molar-refractivity contribution in [3.63, 3.8) is 0 Å². The van der Waals surface area contributed by atoms with Crippen molar-refractivity contribution in [2.24, 2.45) is 22.7 Å². The van der Waals surface area contributed by atoms with Gasteiger partial charge in [0.2, 0.25) is 0 Å². The van der Waals surface area contributed by atoms with Crippen LogP contribution in [0.2, 0.25) is 0 Å². The molecule has 6 nitrogen and oxygen atoms in total. The van der Waals surface area contributed by atoms with E-state index in [0.29, 0.717) is 23.8 Å². The van der Waals surface area contributed by atoms with Crippen molar-refractivity contribution < 1.29 is 24.1 Å². The summed E-state index contributed by atoms with van der Waals surface area (Å²) >= 11 is 0. The summed E-state index contributed by atoms with van der Waals surface area (Å²) in [4.78, 5) is 16.9. The summed E-state index contributed by atoms with van der Waals surface area (Å²) in [7, 11) is 3.46. The van der Waals surface area contributed by atoms with Crippen molar-refractivity contribution in [1.82, 2.24) is 4.90 Å². The monoisotopic (exact) mass is 613 g/mol. The number of rotatable bonds is 12. The van der Waals surface area contributed by atoms with Gasteiger partial charge in [0.1, 0.15) is 17.3 Å². The van der Waals surface area contributed by atoms with Gasteiger partial charge in [-0.25, -0.2) is 0 Å². The summed E-state index contributed by atoms with van der Waals surface area (Å²) in [5.74, 6) is -0.0619. The number of aliphatic hydroxyl groups excluding tert-OH is 1. The molecular weight excluding hydrogens is 562 g/mol. The van der Waals surface area contributed by atoms with Crippen LogP contribution in [0.4, 0.5) is 0 Å². The first-order chi connectivity index (χ1) is 21.4. The lowest BCUT2D eigenvalue weighted by molar-refractivity contribution is -0.170. The summed E-state index contributed by atoms with van der Waals surface area (Å²) in [6.45, 7) is 11.8. The van der Waals surface area contributed by atoms with Gasteiger partial charge in [-0.3, -0.25) is 9.69 Å². The zero-order valence-corrected chi connectivity index (χ0v) is 28.0. The molecule has 2 aliphatic carbocycles. The number of nitrogens with zero attached hydrogens (tertiary/aromatic N) is 1. The molecule has 0 spiro atoms. The van der Waals surface area contributed by atoms with Crippen LogP contribution >= 0.6 is 0 Å². The van der Waals surface area contributed by atoms with Crippen LogP contribution < -0.4 is 4.74 Å². The smallest absolute Gasteiger partial charge is 0.314 e. The lowest BCUT2D eigenvalue weighted by Gasteiger charge is -2.48. The molecule has 0 amide bonds. The number of hydrogen-bond acceptors (Lipinski definition) is 6. The zero-order chi connectivity index (χ0) is 32.4. The summed E-state index contributed by atoms with van der Waals surface area (Å²) in [6, 6.07) is 27.4. The molecule has 0 heterocycles. The highest BCUT2D eigenvalue weighted by Crippen LogP contribution is 2.67. The van der Waals surface area contributed by atoms with E-state index in [9.17, 15) is 9.90 Å². The summed E-state index contributed by atoms with van der Waals surface area (Å²) in [6.07, 6.45) is 2.27. The largest absolute Gasteiger partial charge is 0.497 e. The molecule has 0 aromatic heterocycles. The van der Waals surface area contributed by atoms with E-state index in [1.54, 1.807) is 7.11 Å². The van der Waals surface area contributed by atoms with E-state index in [1.165, 1.54) is 6.42 Å². The first-order valence-corrected chi connectivity index (χ1v) is 16.3. The second-order valence-electron chi connectivity index (χ2n) is 14.6. The highest BCUT2D eigenvalue weighted by atomic mass is 16.6. The molecule has 2 fully saturated rings. The molecule has 5 rings (SSSR count).